The predicted molar refractivity (Wildman–Crippen MR) is 90.5 cm³/mol. The monoisotopic (exact) mass is 361 g/mol. The van der Waals surface area contributed by atoms with Gasteiger partial charge in [0.2, 0.25) is 0 Å². The van der Waals surface area contributed by atoms with Crippen molar-refractivity contribution in [3.8, 4) is 5.75 Å². The number of para-hydroxylation sites is 2. The van der Waals surface area contributed by atoms with Gasteiger partial charge in [-0.05, 0) is 54.7 Å². The Bertz CT molecular complexity index is 823. The van der Waals surface area contributed by atoms with Crippen LogP contribution in [0.4, 0.5) is 14.5 Å². The molecule has 136 valence electrons. The van der Waals surface area contributed by atoms with Crippen molar-refractivity contribution in [2.24, 2.45) is 0 Å². The molecule has 3 rings (SSSR count). The molecule has 0 unspecified atom stereocenters. The van der Waals surface area contributed by atoms with E-state index in [1.54, 1.807) is 18.2 Å². The first-order chi connectivity index (χ1) is 12.5. The number of rotatable bonds is 6. The van der Waals surface area contributed by atoms with E-state index < -0.39 is 25.1 Å². The highest BCUT2D eigenvalue weighted by molar-refractivity contribution is 5.96. The van der Waals surface area contributed by atoms with Crippen LogP contribution in [0.1, 0.15) is 27.9 Å². The number of amides is 1. The van der Waals surface area contributed by atoms with Gasteiger partial charge in [0.15, 0.2) is 6.61 Å². The smallest absolute Gasteiger partial charge is 0.387 e. The second kappa shape index (κ2) is 7.95. The number of fused-ring (bicyclic) bond motifs is 1. The number of benzene rings is 2. The second-order valence-corrected chi connectivity index (χ2v) is 5.84. The number of nitrogens with one attached hydrogen (secondary N) is 1. The van der Waals surface area contributed by atoms with Gasteiger partial charge in [0, 0.05) is 0 Å². The maximum atomic E-state index is 12.4. The largest absolute Gasteiger partial charge is 0.452 e. The van der Waals surface area contributed by atoms with Crippen LogP contribution in [0.3, 0.4) is 0 Å². The van der Waals surface area contributed by atoms with Gasteiger partial charge in [0.1, 0.15) is 5.75 Å². The number of anilines is 1. The van der Waals surface area contributed by atoms with Gasteiger partial charge in [-0.2, -0.15) is 8.78 Å². The molecule has 7 heteroatoms. The topological polar surface area (TPSA) is 64.6 Å². The molecule has 0 fully saturated rings. The molecule has 0 aliphatic heterocycles. The summed E-state index contributed by atoms with van der Waals surface area (Å²) in [6, 6.07) is 11.1. The number of hydrogen-bond acceptors (Lipinski definition) is 4. The summed E-state index contributed by atoms with van der Waals surface area (Å²) >= 11 is 0. The van der Waals surface area contributed by atoms with Gasteiger partial charge in [-0.15, -0.1) is 0 Å². The zero-order valence-electron chi connectivity index (χ0n) is 13.8. The van der Waals surface area contributed by atoms with E-state index in [9.17, 15) is 18.4 Å². The van der Waals surface area contributed by atoms with Crippen molar-refractivity contribution in [2.75, 3.05) is 11.9 Å². The zero-order valence-corrected chi connectivity index (χ0v) is 13.8. The summed E-state index contributed by atoms with van der Waals surface area (Å²) in [5.74, 6) is -1.42. The molecule has 0 aromatic heterocycles. The maximum absolute atomic E-state index is 12.4. The third-order valence-electron chi connectivity index (χ3n) is 4.05. The van der Waals surface area contributed by atoms with Gasteiger partial charge in [-0.3, -0.25) is 4.79 Å². The molecule has 1 aliphatic rings. The minimum atomic E-state index is -3.01. The molecule has 0 radical (unpaired) electrons. The molecule has 0 spiro atoms. The van der Waals surface area contributed by atoms with Gasteiger partial charge < -0.3 is 14.8 Å². The van der Waals surface area contributed by atoms with Crippen molar-refractivity contribution in [1.82, 2.24) is 0 Å². The van der Waals surface area contributed by atoms with E-state index in [2.05, 4.69) is 10.1 Å². The van der Waals surface area contributed by atoms with Crippen molar-refractivity contribution in [3.63, 3.8) is 0 Å². The average Bonchev–Trinajstić information content (AvgIpc) is 3.08. The summed E-state index contributed by atoms with van der Waals surface area (Å²) in [6.07, 6.45) is 3.00. The van der Waals surface area contributed by atoms with Gasteiger partial charge >= 0.3 is 12.6 Å². The molecule has 1 aliphatic carbocycles. The quantitative estimate of drug-likeness (QED) is 0.799. The number of alkyl halides is 2. The standard InChI is InChI=1S/C19H17F2NO4/c20-19(21)26-16-7-2-1-6-15(16)22-17(23)11-25-18(24)14-9-8-12-4-3-5-13(12)10-14/h1-2,6-10,19H,3-5,11H2,(H,22,23). The fraction of sp³-hybridized carbons (Fsp3) is 0.263. The number of carbonyl (C=O) groups excluding carboxylic acids is 2. The molecule has 5 nitrogen and oxygen atoms in total. The van der Waals surface area contributed by atoms with Gasteiger partial charge in [0.05, 0.1) is 11.3 Å². The highest BCUT2D eigenvalue weighted by atomic mass is 19.3. The van der Waals surface area contributed by atoms with Crippen LogP contribution in [-0.2, 0) is 22.4 Å². The Labute approximate surface area is 148 Å². The van der Waals surface area contributed by atoms with Crippen LogP contribution in [0.15, 0.2) is 42.5 Å². The summed E-state index contributed by atoms with van der Waals surface area (Å²) in [6.45, 7) is -3.54. The van der Waals surface area contributed by atoms with Crippen molar-refractivity contribution in [2.45, 2.75) is 25.9 Å². The number of halogens is 2. The van der Waals surface area contributed by atoms with E-state index in [1.807, 2.05) is 6.07 Å². The zero-order chi connectivity index (χ0) is 18.5. The van der Waals surface area contributed by atoms with Crippen LogP contribution >= 0.6 is 0 Å². The fourth-order valence-corrected chi connectivity index (χ4v) is 2.87. The van der Waals surface area contributed by atoms with Crippen molar-refractivity contribution in [3.05, 3.63) is 59.2 Å². The summed E-state index contributed by atoms with van der Waals surface area (Å²) in [7, 11) is 0. The Balaban J connectivity index is 1.57. The lowest BCUT2D eigenvalue weighted by Crippen LogP contribution is -2.21. The lowest BCUT2D eigenvalue weighted by atomic mass is 10.1. The van der Waals surface area contributed by atoms with E-state index in [0.717, 1.165) is 24.8 Å². The lowest BCUT2D eigenvalue weighted by Gasteiger charge is -2.12. The molecule has 0 saturated carbocycles. The molecular formula is C19H17F2NO4. The highest BCUT2D eigenvalue weighted by Crippen LogP contribution is 2.25. The number of hydrogen-bond donors (Lipinski definition) is 1. The first-order valence-corrected chi connectivity index (χ1v) is 8.15. The van der Waals surface area contributed by atoms with Crippen LogP contribution in [-0.4, -0.2) is 25.1 Å². The number of aryl methyl sites for hydroxylation is 2. The van der Waals surface area contributed by atoms with E-state index in [4.69, 9.17) is 4.74 Å². The molecule has 0 saturated heterocycles. The molecule has 2 aromatic carbocycles. The fourth-order valence-electron chi connectivity index (χ4n) is 2.87. The van der Waals surface area contributed by atoms with E-state index >= 15 is 0 Å². The summed E-state index contributed by atoms with van der Waals surface area (Å²) < 4.78 is 34.1. The Morgan fingerprint density at radius 2 is 1.85 bits per heavy atom. The van der Waals surface area contributed by atoms with Crippen molar-refractivity contribution < 1.29 is 27.8 Å². The van der Waals surface area contributed by atoms with E-state index in [1.165, 1.54) is 23.8 Å². The van der Waals surface area contributed by atoms with Gasteiger partial charge in [-0.25, -0.2) is 4.79 Å². The Morgan fingerprint density at radius 1 is 1.08 bits per heavy atom. The minimum absolute atomic E-state index is 0.0754. The second-order valence-electron chi connectivity index (χ2n) is 5.84. The highest BCUT2D eigenvalue weighted by Gasteiger charge is 2.16. The van der Waals surface area contributed by atoms with Crippen LogP contribution in [0.2, 0.25) is 0 Å². The first-order valence-electron chi connectivity index (χ1n) is 8.15. The average molecular weight is 361 g/mol. The van der Waals surface area contributed by atoms with Crippen LogP contribution < -0.4 is 10.1 Å². The molecule has 1 N–H and O–H groups in total. The number of esters is 1. The van der Waals surface area contributed by atoms with Crippen molar-refractivity contribution in [1.29, 1.82) is 0 Å². The van der Waals surface area contributed by atoms with Gasteiger partial charge in [-0.1, -0.05) is 18.2 Å². The lowest BCUT2D eigenvalue weighted by molar-refractivity contribution is -0.119. The van der Waals surface area contributed by atoms with Crippen LogP contribution in [0.25, 0.3) is 0 Å². The van der Waals surface area contributed by atoms with E-state index in [0.29, 0.717) is 5.56 Å². The third-order valence-corrected chi connectivity index (χ3v) is 4.05. The number of carbonyl (C=O) groups is 2. The molecule has 0 bridgehead atoms. The maximum Gasteiger partial charge on any atom is 0.387 e. The molecular weight excluding hydrogens is 344 g/mol. The summed E-state index contributed by atoms with van der Waals surface area (Å²) in [4.78, 5) is 24.0. The Morgan fingerprint density at radius 3 is 2.65 bits per heavy atom. The molecule has 0 heterocycles. The predicted octanol–water partition coefficient (Wildman–Crippen LogP) is 3.57. The van der Waals surface area contributed by atoms with Gasteiger partial charge in [0.25, 0.3) is 5.91 Å². The van der Waals surface area contributed by atoms with Crippen LogP contribution in [0.5, 0.6) is 5.75 Å². The number of ether oxygens (including phenoxy) is 2. The molecule has 0 atom stereocenters. The Hall–Kier alpha value is -2.96. The normalized spacial score (nSPS) is 12.6. The SMILES string of the molecule is O=C(COC(=O)c1ccc2c(c1)CCC2)Nc1ccccc1OC(F)F. The summed E-state index contributed by atoms with van der Waals surface area (Å²) in [5, 5.41) is 2.39. The first kappa shape index (κ1) is 17.8. The third kappa shape index (κ3) is 4.36. The van der Waals surface area contributed by atoms with Crippen LogP contribution in [0, 0.1) is 0 Å². The molecule has 1 amide bonds. The molecule has 2 aromatic rings. The minimum Gasteiger partial charge on any atom is -0.452 e. The Kier molecular flexibility index (Phi) is 5.46. The van der Waals surface area contributed by atoms with E-state index in [-0.39, 0.29) is 11.4 Å². The summed E-state index contributed by atoms with van der Waals surface area (Å²) in [5.41, 5.74) is 2.82. The van der Waals surface area contributed by atoms with Crippen molar-refractivity contribution >= 4 is 17.6 Å². The molecule has 26 heavy (non-hydrogen) atoms.